The first-order valence-electron chi connectivity index (χ1n) is 10.9. The largest absolute Gasteiger partial charge is 0.486 e. The van der Waals surface area contributed by atoms with Crippen LogP contribution in [0.2, 0.25) is 0 Å². The molecular weight excluding hydrogens is 440 g/mol. The summed E-state index contributed by atoms with van der Waals surface area (Å²) in [4.78, 5) is 24.3. The third-order valence-electron chi connectivity index (χ3n) is 5.62. The van der Waals surface area contributed by atoms with Crippen molar-refractivity contribution in [3.63, 3.8) is 0 Å². The van der Waals surface area contributed by atoms with Gasteiger partial charge in [-0.2, -0.15) is 0 Å². The molecular formula is C26H21F2N3O3. The number of hydrogen-bond acceptors (Lipinski definition) is 6. The van der Waals surface area contributed by atoms with Crippen molar-refractivity contribution in [3.05, 3.63) is 95.2 Å². The van der Waals surface area contributed by atoms with Gasteiger partial charge in [0.1, 0.15) is 18.2 Å². The van der Waals surface area contributed by atoms with Crippen LogP contribution in [-0.2, 0) is 11.3 Å². The zero-order valence-corrected chi connectivity index (χ0v) is 18.2. The number of morpholine rings is 1. The molecule has 1 aromatic heterocycles. The van der Waals surface area contributed by atoms with Crippen LogP contribution in [-0.4, -0.2) is 42.1 Å². The van der Waals surface area contributed by atoms with E-state index in [1.54, 1.807) is 42.6 Å². The van der Waals surface area contributed by atoms with E-state index in [0.717, 1.165) is 0 Å². The Morgan fingerprint density at radius 1 is 1.00 bits per heavy atom. The first kappa shape index (κ1) is 21.9. The van der Waals surface area contributed by atoms with Gasteiger partial charge in [0.25, 0.3) is 0 Å². The van der Waals surface area contributed by atoms with Crippen LogP contribution in [0.4, 0.5) is 14.6 Å². The van der Waals surface area contributed by atoms with Crippen LogP contribution < -0.4 is 9.64 Å². The van der Waals surface area contributed by atoms with Gasteiger partial charge in [0.2, 0.25) is 0 Å². The molecule has 0 unspecified atom stereocenters. The summed E-state index contributed by atoms with van der Waals surface area (Å²) in [5, 5.41) is 0. The third kappa shape index (κ3) is 4.58. The predicted molar refractivity (Wildman–Crippen MR) is 123 cm³/mol. The maximum atomic E-state index is 15.1. The Labute approximate surface area is 194 Å². The number of ether oxygens (including phenoxy) is 2. The molecule has 4 aromatic rings. The zero-order valence-electron chi connectivity index (χ0n) is 18.2. The quantitative estimate of drug-likeness (QED) is 0.393. The lowest BCUT2D eigenvalue weighted by molar-refractivity contribution is 0.103. The fourth-order valence-electron chi connectivity index (χ4n) is 3.83. The van der Waals surface area contributed by atoms with E-state index in [2.05, 4.69) is 14.9 Å². The number of nitrogens with zero attached hydrogens (tertiary/aromatic N) is 3. The Bertz CT molecular complexity index is 1360. The van der Waals surface area contributed by atoms with Gasteiger partial charge >= 0.3 is 0 Å². The fraction of sp³-hybridized carbons (Fsp3) is 0.192. The van der Waals surface area contributed by atoms with Crippen molar-refractivity contribution in [3.8, 4) is 5.75 Å². The molecule has 5 rings (SSSR count). The van der Waals surface area contributed by atoms with Gasteiger partial charge in [0.05, 0.1) is 36.0 Å². The summed E-state index contributed by atoms with van der Waals surface area (Å²) in [6.45, 7) is 2.64. The zero-order chi connectivity index (χ0) is 23.5. The molecule has 8 heteroatoms. The van der Waals surface area contributed by atoms with E-state index in [1.807, 2.05) is 0 Å². The molecule has 0 spiro atoms. The molecule has 0 radical (unpaired) electrons. The smallest absolute Gasteiger partial charge is 0.196 e. The Hall–Kier alpha value is -3.91. The number of aromatic nitrogens is 2. The van der Waals surface area contributed by atoms with E-state index in [-0.39, 0.29) is 17.9 Å². The molecule has 0 saturated carbocycles. The number of fused-ring (bicyclic) bond motifs is 1. The van der Waals surface area contributed by atoms with Gasteiger partial charge in [-0.3, -0.25) is 9.78 Å². The maximum absolute atomic E-state index is 15.1. The summed E-state index contributed by atoms with van der Waals surface area (Å²) < 4.78 is 39.4. The first-order valence-corrected chi connectivity index (χ1v) is 10.9. The van der Waals surface area contributed by atoms with Crippen molar-refractivity contribution in [2.75, 3.05) is 31.2 Å². The minimum atomic E-state index is -0.767. The number of hydrogen-bond donors (Lipinski definition) is 0. The Balaban J connectivity index is 1.40. The monoisotopic (exact) mass is 461 g/mol. The molecule has 3 aromatic carbocycles. The maximum Gasteiger partial charge on any atom is 0.196 e. The molecule has 1 saturated heterocycles. The second-order valence-corrected chi connectivity index (χ2v) is 7.90. The van der Waals surface area contributed by atoms with Gasteiger partial charge in [0.15, 0.2) is 17.3 Å². The SMILES string of the molecule is O=C(c1ccc2ncc(N3CCOCC3)nc2c1)c1cccc(OCc2cccc(F)c2)c1F. The Kier molecular flexibility index (Phi) is 6.14. The highest BCUT2D eigenvalue weighted by Crippen LogP contribution is 2.25. The topological polar surface area (TPSA) is 64.6 Å². The Morgan fingerprint density at radius 3 is 2.65 bits per heavy atom. The van der Waals surface area contributed by atoms with Crippen molar-refractivity contribution >= 4 is 22.6 Å². The number of halogens is 2. The van der Waals surface area contributed by atoms with Crippen LogP contribution in [0.5, 0.6) is 5.75 Å². The Morgan fingerprint density at radius 2 is 1.82 bits per heavy atom. The highest BCUT2D eigenvalue weighted by atomic mass is 19.1. The molecule has 0 aliphatic carbocycles. The van der Waals surface area contributed by atoms with Crippen molar-refractivity contribution in [1.82, 2.24) is 9.97 Å². The number of rotatable bonds is 6. The summed E-state index contributed by atoms with van der Waals surface area (Å²) >= 11 is 0. The minimum absolute atomic E-state index is 0.0256. The molecule has 1 aliphatic heterocycles. The molecule has 0 N–H and O–H groups in total. The number of benzene rings is 3. The number of carbonyl (C=O) groups is 1. The first-order chi connectivity index (χ1) is 16.6. The summed E-state index contributed by atoms with van der Waals surface area (Å²) in [5.74, 6) is -1.03. The van der Waals surface area contributed by atoms with Crippen molar-refractivity contribution in [2.24, 2.45) is 0 Å². The van der Waals surface area contributed by atoms with Crippen LogP contribution in [0.1, 0.15) is 21.5 Å². The summed E-state index contributed by atoms with van der Waals surface area (Å²) in [7, 11) is 0. The summed E-state index contributed by atoms with van der Waals surface area (Å²) in [5.41, 5.74) is 1.92. The summed E-state index contributed by atoms with van der Waals surface area (Å²) in [6.07, 6.45) is 1.70. The average Bonchev–Trinajstić information content (AvgIpc) is 2.87. The lowest BCUT2D eigenvalue weighted by Crippen LogP contribution is -2.36. The number of carbonyl (C=O) groups excluding carboxylic acids is 1. The van der Waals surface area contributed by atoms with Gasteiger partial charge in [-0.05, 0) is 48.0 Å². The van der Waals surface area contributed by atoms with Gasteiger partial charge < -0.3 is 14.4 Å². The van der Waals surface area contributed by atoms with E-state index in [4.69, 9.17) is 9.47 Å². The van der Waals surface area contributed by atoms with Gasteiger partial charge in [-0.15, -0.1) is 0 Å². The highest BCUT2D eigenvalue weighted by molar-refractivity contribution is 6.10. The second kappa shape index (κ2) is 9.52. The molecule has 1 aliphatic rings. The van der Waals surface area contributed by atoms with E-state index in [9.17, 15) is 9.18 Å². The van der Waals surface area contributed by atoms with Gasteiger partial charge in [0, 0.05) is 18.7 Å². The predicted octanol–water partition coefficient (Wildman–Crippen LogP) is 4.55. The number of anilines is 1. The molecule has 0 amide bonds. The van der Waals surface area contributed by atoms with E-state index in [0.29, 0.717) is 54.3 Å². The lowest BCUT2D eigenvalue weighted by atomic mass is 10.0. The second-order valence-electron chi connectivity index (χ2n) is 7.90. The van der Waals surface area contributed by atoms with Crippen LogP contribution in [0, 0.1) is 11.6 Å². The van der Waals surface area contributed by atoms with E-state index >= 15 is 4.39 Å². The molecule has 2 heterocycles. The normalized spacial score (nSPS) is 13.8. The van der Waals surface area contributed by atoms with Crippen LogP contribution in [0.15, 0.2) is 66.9 Å². The van der Waals surface area contributed by atoms with Gasteiger partial charge in [-0.25, -0.2) is 13.8 Å². The molecule has 0 bridgehead atoms. The van der Waals surface area contributed by atoms with Crippen molar-refractivity contribution in [2.45, 2.75) is 6.61 Å². The van der Waals surface area contributed by atoms with Crippen molar-refractivity contribution < 1.29 is 23.0 Å². The highest BCUT2D eigenvalue weighted by Gasteiger charge is 2.19. The third-order valence-corrected chi connectivity index (χ3v) is 5.62. The van der Waals surface area contributed by atoms with Gasteiger partial charge in [-0.1, -0.05) is 18.2 Å². The van der Waals surface area contributed by atoms with Crippen molar-refractivity contribution in [1.29, 1.82) is 0 Å². The van der Waals surface area contributed by atoms with Crippen LogP contribution >= 0.6 is 0 Å². The molecule has 172 valence electrons. The average molecular weight is 461 g/mol. The minimum Gasteiger partial charge on any atom is -0.486 e. The lowest BCUT2D eigenvalue weighted by Gasteiger charge is -2.27. The molecule has 0 atom stereocenters. The van der Waals surface area contributed by atoms with Crippen LogP contribution in [0.25, 0.3) is 11.0 Å². The standard InChI is InChI=1S/C26H21F2N3O3/c27-19-4-1-3-17(13-19)16-34-23-6-2-5-20(25(23)28)26(32)18-7-8-21-22(14-18)30-24(15-29-21)31-9-11-33-12-10-31/h1-8,13-15H,9-12,16H2. The summed E-state index contributed by atoms with van der Waals surface area (Å²) in [6, 6.07) is 15.2. The van der Waals surface area contributed by atoms with E-state index in [1.165, 1.54) is 24.3 Å². The van der Waals surface area contributed by atoms with E-state index < -0.39 is 17.4 Å². The van der Waals surface area contributed by atoms with Crippen LogP contribution in [0.3, 0.4) is 0 Å². The molecule has 6 nitrogen and oxygen atoms in total. The molecule has 34 heavy (non-hydrogen) atoms. The molecule has 1 fully saturated rings. The fourth-order valence-corrected chi connectivity index (χ4v) is 3.83. The number of ketones is 1.